The Hall–Kier alpha value is -2.09. The molecule has 0 bridgehead atoms. The molecule has 2 aromatic rings. The zero-order chi connectivity index (χ0) is 11.5. The van der Waals surface area contributed by atoms with E-state index < -0.39 is 0 Å². The molecule has 8 nitrogen and oxygen atoms in total. The van der Waals surface area contributed by atoms with E-state index in [4.69, 9.17) is 5.11 Å². The molecular formula is C8H11N7O. The molecule has 2 rings (SSSR count). The summed E-state index contributed by atoms with van der Waals surface area (Å²) < 4.78 is 1.55. The maximum atomic E-state index is 8.59. The molecule has 0 aliphatic carbocycles. The summed E-state index contributed by atoms with van der Waals surface area (Å²) in [5.41, 5.74) is 1.78. The minimum atomic E-state index is -0.261. The number of nitrogens with one attached hydrogen (secondary N) is 1. The maximum Gasteiger partial charge on any atom is 0.289 e. The Bertz CT molecular complexity index is 478. The number of aryl methyl sites for hydroxylation is 2. The average Bonchev–Trinajstić information content (AvgIpc) is 2.59. The first-order chi connectivity index (χ1) is 7.70. The van der Waals surface area contributed by atoms with E-state index in [1.54, 1.807) is 4.68 Å². The van der Waals surface area contributed by atoms with Crippen LogP contribution < -0.4 is 5.32 Å². The Morgan fingerprint density at radius 1 is 1.25 bits per heavy atom. The first kappa shape index (κ1) is 10.4. The fourth-order valence-electron chi connectivity index (χ4n) is 1.28. The summed E-state index contributed by atoms with van der Waals surface area (Å²) >= 11 is 0. The molecule has 8 heteroatoms. The van der Waals surface area contributed by atoms with Gasteiger partial charge in [-0.1, -0.05) is 0 Å². The minimum absolute atomic E-state index is 0.174. The second-order valence-corrected chi connectivity index (χ2v) is 3.20. The van der Waals surface area contributed by atoms with Crippen LogP contribution in [0, 0.1) is 13.8 Å². The van der Waals surface area contributed by atoms with Crippen LogP contribution in [0.3, 0.4) is 0 Å². The summed E-state index contributed by atoms with van der Waals surface area (Å²) in [7, 11) is 0. The molecule has 0 fully saturated rings. The second-order valence-electron chi connectivity index (χ2n) is 3.20. The highest BCUT2D eigenvalue weighted by atomic mass is 16.3. The molecule has 0 aromatic carbocycles. The molecule has 2 aromatic heterocycles. The van der Waals surface area contributed by atoms with Gasteiger partial charge < -0.3 is 10.4 Å². The van der Waals surface area contributed by atoms with Crippen LogP contribution in [-0.2, 0) is 0 Å². The SMILES string of the molecule is Cc1cc(C)n(-c2nnc(NCO)nn2)n1. The molecule has 2 heterocycles. The third-order valence-electron chi connectivity index (χ3n) is 1.90. The van der Waals surface area contributed by atoms with Gasteiger partial charge in [-0.25, -0.2) is 4.68 Å². The summed E-state index contributed by atoms with van der Waals surface area (Å²) in [5.74, 6) is 0.474. The molecule has 0 saturated heterocycles. The Labute approximate surface area is 91.4 Å². The van der Waals surface area contributed by atoms with Crippen molar-refractivity contribution in [2.24, 2.45) is 0 Å². The van der Waals surface area contributed by atoms with Gasteiger partial charge in [0.15, 0.2) is 0 Å². The van der Waals surface area contributed by atoms with E-state index in [0.29, 0.717) is 5.95 Å². The van der Waals surface area contributed by atoms with Crippen molar-refractivity contribution in [2.75, 3.05) is 12.0 Å². The number of anilines is 1. The predicted octanol–water partition coefficient (Wildman–Crippen LogP) is -0.569. The minimum Gasteiger partial charge on any atom is -0.376 e. The third kappa shape index (κ3) is 1.96. The summed E-state index contributed by atoms with van der Waals surface area (Å²) in [6.45, 7) is 3.51. The van der Waals surface area contributed by atoms with Gasteiger partial charge in [-0.2, -0.15) is 5.10 Å². The van der Waals surface area contributed by atoms with E-state index in [9.17, 15) is 0 Å². The van der Waals surface area contributed by atoms with Crippen molar-refractivity contribution in [2.45, 2.75) is 13.8 Å². The van der Waals surface area contributed by atoms with Crippen LogP contribution in [0.5, 0.6) is 0 Å². The van der Waals surface area contributed by atoms with Gasteiger partial charge in [-0.05, 0) is 19.9 Å². The lowest BCUT2D eigenvalue weighted by molar-refractivity contribution is 0.324. The standard InChI is InChI=1S/C8H11N7O/c1-5-3-6(2)15(14-5)8-12-10-7(9-4-16)11-13-8/h3,16H,4H2,1-2H3,(H,9,10,11). The van der Waals surface area contributed by atoms with Crippen LogP contribution in [0.4, 0.5) is 5.95 Å². The van der Waals surface area contributed by atoms with E-state index in [-0.39, 0.29) is 12.7 Å². The Balaban J connectivity index is 2.31. The van der Waals surface area contributed by atoms with Gasteiger partial charge in [0, 0.05) is 5.69 Å². The van der Waals surface area contributed by atoms with Crippen LogP contribution in [0.1, 0.15) is 11.4 Å². The Morgan fingerprint density at radius 3 is 2.44 bits per heavy atom. The van der Waals surface area contributed by atoms with E-state index >= 15 is 0 Å². The molecule has 0 aliphatic rings. The molecule has 16 heavy (non-hydrogen) atoms. The molecule has 84 valence electrons. The van der Waals surface area contributed by atoms with E-state index in [1.165, 1.54) is 0 Å². The Morgan fingerprint density at radius 2 is 1.94 bits per heavy atom. The highest BCUT2D eigenvalue weighted by Crippen LogP contribution is 2.05. The number of aromatic nitrogens is 6. The van der Waals surface area contributed by atoms with Gasteiger partial charge in [0.25, 0.3) is 11.9 Å². The molecular weight excluding hydrogens is 210 g/mol. The smallest absolute Gasteiger partial charge is 0.289 e. The van der Waals surface area contributed by atoms with Crippen molar-refractivity contribution in [3.63, 3.8) is 0 Å². The molecule has 2 N–H and O–H groups in total. The van der Waals surface area contributed by atoms with Crippen molar-refractivity contribution in [1.82, 2.24) is 30.2 Å². The average molecular weight is 221 g/mol. The van der Waals surface area contributed by atoms with Crippen LogP contribution in [0.2, 0.25) is 0 Å². The molecule has 0 saturated carbocycles. The van der Waals surface area contributed by atoms with Gasteiger partial charge in [0.2, 0.25) is 0 Å². The summed E-state index contributed by atoms with van der Waals surface area (Å²) in [6, 6.07) is 1.91. The van der Waals surface area contributed by atoms with Crippen molar-refractivity contribution in [1.29, 1.82) is 0 Å². The fraction of sp³-hybridized carbons (Fsp3) is 0.375. The summed E-state index contributed by atoms with van der Waals surface area (Å²) in [6.07, 6.45) is 0. The van der Waals surface area contributed by atoms with Gasteiger partial charge in [-0.3, -0.25) is 0 Å². The van der Waals surface area contributed by atoms with Crippen LogP contribution in [0.15, 0.2) is 6.07 Å². The first-order valence-electron chi connectivity index (χ1n) is 4.66. The van der Waals surface area contributed by atoms with Gasteiger partial charge >= 0.3 is 0 Å². The number of aliphatic hydroxyl groups excluding tert-OH is 1. The zero-order valence-electron chi connectivity index (χ0n) is 8.91. The lowest BCUT2D eigenvalue weighted by atomic mass is 10.4. The zero-order valence-corrected chi connectivity index (χ0v) is 8.91. The second kappa shape index (κ2) is 4.19. The van der Waals surface area contributed by atoms with Crippen molar-refractivity contribution < 1.29 is 5.11 Å². The number of hydrogen-bond donors (Lipinski definition) is 2. The highest BCUT2D eigenvalue weighted by Gasteiger charge is 2.07. The normalized spacial score (nSPS) is 10.4. The number of rotatable bonds is 3. The third-order valence-corrected chi connectivity index (χ3v) is 1.90. The van der Waals surface area contributed by atoms with Gasteiger partial charge in [0.05, 0.1) is 5.69 Å². The highest BCUT2D eigenvalue weighted by molar-refractivity contribution is 5.21. The fourth-order valence-corrected chi connectivity index (χ4v) is 1.28. The van der Waals surface area contributed by atoms with E-state index in [0.717, 1.165) is 11.4 Å². The topological polar surface area (TPSA) is 102 Å². The van der Waals surface area contributed by atoms with E-state index in [2.05, 4.69) is 30.8 Å². The molecule has 0 amide bonds. The van der Waals surface area contributed by atoms with Crippen LogP contribution in [0.25, 0.3) is 5.95 Å². The predicted molar refractivity (Wildman–Crippen MR) is 54.9 cm³/mol. The molecule has 0 atom stereocenters. The molecule has 0 unspecified atom stereocenters. The number of nitrogens with zero attached hydrogens (tertiary/aromatic N) is 6. The lowest BCUT2D eigenvalue weighted by Crippen LogP contribution is -2.11. The van der Waals surface area contributed by atoms with Crippen molar-refractivity contribution in [3.05, 3.63) is 17.5 Å². The maximum absolute atomic E-state index is 8.59. The van der Waals surface area contributed by atoms with Crippen LogP contribution >= 0.6 is 0 Å². The number of aliphatic hydroxyl groups is 1. The summed E-state index contributed by atoms with van der Waals surface area (Å²) in [4.78, 5) is 0. The quantitative estimate of drug-likeness (QED) is 0.669. The van der Waals surface area contributed by atoms with Crippen molar-refractivity contribution >= 4 is 5.95 Å². The summed E-state index contributed by atoms with van der Waals surface area (Å²) in [5, 5.41) is 30.4. The van der Waals surface area contributed by atoms with E-state index in [1.807, 2.05) is 19.9 Å². The molecule has 0 aliphatic heterocycles. The lowest BCUT2D eigenvalue weighted by Gasteiger charge is -2.01. The molecule has 0 radical (unpaired) electrons. The van der Waals surface area contributed by atoms with Gasteiger partial charge in [-0.15, -0.1) is 20.4 Å². The number of hydrogen-bond acceptors (Lipinski definition) is 7. The van der Waals surface area contributed by atoms with Crippen LogP contribution in [-0.4, -0.2) is 42.0 Å². The van der Waals surface area contributed by atoms with Gasteiger partial charge in [0.1, 0.15) is 6.73 Å². The molecule has 0 spiro atoms. The Kier molecular flexibility index (Phi) is 2.73. The largest absolute Gasteiger partial charge is 0.376 e. The monoisotopic (exact) mass is 221 g/mol. The first-order valence-corrected chi connectivity index (χ1v) is 4.66. The van der Waals surface area contributed by atoms with Crippen molar-refractivity contribution in [3.8, 4) is 5.95 Å².